The minimum atomic E-state index is 0. The van der Waals surface area contributed by atoms with Crippen molar-refractivity contribution in [2.45, 2.75) is 20.3 Å². The highest BCUT2D eigenvalue weighted by Gasteiger charge is 1.73. The molecule has 0 radical (unpaired) electrons. The Labute approximate surface area is 51.6 Å². The van der Waals surface area contributed by atoms with Gasteiger partial charge in [-0.15, -0.1) is 0 Å². The van der Waals surface area contributed by atoms with Crippen molar-refractivity contribution in [2.24, 2.45) is 10.7 Å². The highest BCUT2D eigenvalue weighted by atomic mass is 14.9. The van der Waals surface area contributed by atoms with Gasteiger partial charge in [0.1, 0.15) is 5.82 Å². The molecule has 0 aliphatic carbocycles. The Morgan fingerprint density at radius 3 is 2.88 bits per heavy atom. The third-order valence-corrected chi connectivity index (χ3v) is 0.719. The van der Waals surface area contributed by atoms with E-state index < -0.39 is 0 Å². The van der Waals surface area contributed by atoms with Gasteiger partial charge in [0, 0.05) is 7.64 Å². The van der Waals surface area contributed by atoms with Crippen LogP contribution < -0.4 is 5.73 Å². The molecule has 0 spiro atoms. The molecule has 2 nitrogen and oxygen atoms in total. The second-order valence-corrected chi connectivity index (χ2v) is 1.43. The summed E-state index contributed by atoms with van der Waals surface area (Å²) in [6, 6.07) is 0. The SMILES string of the molecule is C/C=C(N)\N=C/CC.[HH]. The van der Waals surface area contributed by atoms with Gasteiger partial charge in [-0.2, -0.15) is 0 Å². The molecule has 0 rings (SSSR count). The summed E-state index contributed by atoms with van der Waals surface area (Å²) < 4.78 is 0. The van der Waals surface area contributed by atoms with Gasteiger partial charge < -0.3 is 5.73 Å². The third-order valence-electron chi connectivity index (χ3n) is 0.719. The Kier molecular flexibility index (Phi) is 3.94. The van der Waals surface area contributed by atoms with E-state index in [0.29, 0.717) is 5.82 Å². The van der Waals surface area contributed by atoms with E-state index in [1.54, 1.807) is 12.3 Å². The molecule has 2 heteroatoms. The van der Waals surface area contributed by atoms with Crippen LogP contribution in [0.5, 0.6) is 0 Å². The molecular weight excluding hydrogens is 100 g/mol. The van der Waals surface area contributed by atoms with E-state index >= 15 is 0 Å². The molecule has 0 aromatic carbocycles. The number of aliphatic imine (C=N–C) groups is 1. The molecule has 0 aromatic rings. The van der Waals surface area contributed by atoms with Gasteiger partial charge >= 0.3 is 0 Å². The lowest BCUT2D eigenvalue weighted by Gasteiger charge is -1.85. The molecule has 8 heavy (non-hydrogen) atoms. The number of hydrogen-bond acceptors (Lipinski definition) is 2. The zero-order chi connectivity index (χ0) is 6.41. The van der Waals surface area contributed by atoms with Gasteiger partial charge in [0.15, 0.2) is 0 Å². The van der Waals surface area contributed by atoms with Gasteiger partial charge in [-0.3, -0.25) is 0 Å². The fourth-order valence-electron chi connectivity index (χ4n) is 0.271. The number of nitrogens with two attached hydrogens (primary N) is 1. The minimum absolute atomic E-state index is 0. The maximum Gasteiger partial charge on any atom is 0.118 e. The first-order valence-corrected chi connectivity index (χ1v) is 2.75. The summed E-state index contributed by atoms with van der Waals surface area (Å²) in [6.07, 6.45) is 4.50. The van der Waals surface area contributed by atoms with E-state index in [4.69, 9.17) is 5.73 Å². The average molecular weight is 114 g/mol. The largest absolute Gasteiger partial charge is 0.384 e. The molecule has 0 bridgehead atoms. The predicted molar refractivity (Wildman–Crippen MR) is 38.8 cm³/mol. The Bertz CT molecular complexity index is 108. The average Bonchev–Trinajstić information content (AvgIpc) is 1.83. The van der Waals surface area contributed by atoms with Crippen molar-refractivity contribution >= 4 is 6.21 Å². The topological polar surface area (TPSA) is 38.4 Å². The Hall–Kier alpha value is -0.790. The monoisotopic (exact) mass is 114 g/mol. The maximum atomic E-state index is 5.32. The van der Waals surface area contributed by atoms with Crippen LogP contribution in [0.25, 0.3) is 0 Å². The molecule has 0 amide bonds. The van der Waals surface area contributed by atoms with Crippen molar-refractivity contribution < 1.29 is 1.43 Å². The summed E-state index contributed by atoms with van der Waals surface area (Å²) in [5.74, 6) is 0.590. The Morgan fingerprint density at radius 2 is 2.50 bits per heavy atom. The Morgan fingerprint density at radius 1 is 1.88 bits per heavy atom. The molecule has 0 atom stereocenters. The molecule has 0 aliphatic heterocycles. The normalized spacial score (nSPS) is 13.0. The lowest BCUT2D eigenvalue weighted by atomic mass is 10.5. The molecule has 0 fully saturated rings. The molecule has 0 heterocycles. The lowest BCUT2D eigenvalue weighted by Crippen LogP contribution is -1.91. The van der Waals surface area contributed by atoms with Crippen LogP contribution in [0.2, 0.25) is 0 Å². The number of rotatable bonds is 2. The molecule has 0 saturated heterocycles. The Balaban J connectivity index is 0. The van der Waals surface area contributed by atoms with Crippen LogP contribution in [0.15, 0.2) is 16.9 Å². The zero-order valence-corrected chi connectivity index (χ0v) is 5.39. The van der Waals surface area contributed by atoms with Crippen LogP contribution in [-0.4, -0.2) is 6.21 Å². The predicted octanol–water partition coefficient (Wildman–Crippen LogP) is 1.53. The van der Waals surface area contributed by atoms with Gasteiger partial charge in [-0.1, -0.05) is 6.92 Å². The standard InChI is InChI=1S/C6H12N2.H2/c1-3-5-8-6(7)4-2;/h4-5H,3,7H2,1-2H3;1H/b6-4-,8-5-;. The van der Waals surface area contributed by atoms with Gasteiger partial charge in [0.25, 0.3) is 0 Å². The number of nitrogens with zero attached hydrogens (tertiary/aromatic N) is 1. The number of hydrogen-bond donors (Lipinski definition) is 1. The van der Waals surface area contributed by atoms with E-state index in [0.717, 1.165) is 6.42 Å². The van der Waals surface area contributed by atoms with Crippen LogP contribution >= 0.6 is 0 Å². The molecule has 2 N–H and O–H groups in total. The molecule has 0 unspecified atom stereocenters. The minimum Gasteiger partial charge on any atom is -0.384 e. The second kappa shape index (κ2) is 4.37. The number of allylic oxidation sites excluding steroid dienone is 1. The summed E-state index contributed by atoms with van der Waals surface area (Å²) in [6.45, 7) is 3.88. The summed E-state index contributed by atoms with van der Waals surface area (Å²) in [5, 5.41) is 0. The van der Waals surface area contributed by atoms with Gasteiger partial charge in [0.2, 0.25) is 0 Å². The first-order chi connectivity index (χ1) is 3.81. The molecule has 48 valence electrons. The smallest absolute Gasteiger partial charge is 0.118 e. The highest BCUT2D eigenvalue weighted by molar-refractivity contribution is 5.58. The van der Waals surface area contributed by atoms with E-state index in [1.807, 2.05) is 13.8 Å². The summed E-state index contributed by atoms with van der Waals surface area (Å²) in [4.78, 5) is 3.88. The van der Waals surface area contributed by atoms with Crippen molar-refractivity contribution in [3.63, 3.8) is 0 Å². The quantitative estimate of drug-likeness (QED) is 0.543. The van der Waals surface area contributed by atoms with Gasteiger partial charge in [-0.05, 0) is 19.4 Å². The first kappa shape index (κ1) is 7.21. The molecule has 0 aliphatic rings. The maximum absolute atomic E-state index is 5.32. The zero-order valence-electron chi connectivity index (χ0n) is 5.39. The van der Waals surface area contributed by atoms with Crippen LogP contribution in [0.4, 0.5) is 0 Å². The molecular formula is C6H14N2. The fraction of sp³-hybridized carbons (Fsp3) is 0.500. The van der Waals surface area contributed by atoms with Gasteiger partial charge in [-0.25, -0.2) is 4.99 Å². The van der Waals surface area contributed by atoms with Crippen molar-refractivity contribution in [3.8, 4) is 0 Å². The first-order valence-electron chi connectivity index (χ1n) is 2.75. The van der Waals surface area contributed by atoms with Crippen LogP contribution in [-0.2, 0) is 0 Å². The van der Waals surface area contributed by atoms with Gasteiger partial charge in [0.05, 0.1) is 0 Å². The van der Waals surface area contributed by atoms with E-state index in [9.17, 15) is 0 Å². The van der Waals surface area contributed by atoms with Crippen molar-refractivity contribution in [1.29, 1.82) is 0 Å². The molecule has 0 saturated carbocycles. The van der Waals surface area contributed by atoms with Crippen molar-refractivity contribution in [2.75, 3.05) is 0 Å². The summed E-state index contributed by atoms with van der Waals surface area (Å²) >= 11 is 0. The molecule has 0 aromatic heterocycles. The highest BCUT2D eigenvalue weighted by Crippen LogP contribution is 1.82. The van der Waals surface area contributed by atoms with E-state index in [2.05, 4.69) is 4.99 Å². The summed E-state index contributed by atoms with van der Waals surface area (Å²) in [5.41, 5.74) is 5.32. The van der Waals surface area contributed by atoms with Crippen LogP contribution in [0, 0.1) is 0 Å². The van der Waals surface area contributed by atoms with Crippen molar-refractivity contribution in [1.82, 2.24) is 0 Å². The van der Waals surface area contributed by atoms with E-state index in [-0.39, 0.29) is 1.43 Å². The lowest BCUT2D eigenvalue weighted by molar-refractivity contribution is 1.20. The second-order valence-electron chi connectivity index (χ2n) is 1.43. The summed E-state index contributed by atoms with van der Waals surface area (Å²) in [7, 11) is 0. The fourth-order valence-corrected chi connectivity index (χ4v) is 0.271. The third kappa shape index (κ3) is 3.40. The van der Waals surface area contributed by atoms with E-state index in [1.165, 1.54) is 0 Å². The van der Waals surface area contributed by atoms with Crippen LogP contribution in [0.3, 0.4) is 0 Å². The van der Waals surface area contributed by atoms with Crippen LogP contribution in [0.1, 0.15) is 21.7 Å². The van der Waals surface area contributed by atoms with Crippen molar-refractivity contribution in [3.05, 3.63) is 11.9 Å².